The van der Waals surface area contributed by atoms with Crippen molar-refractivity contribution in [3.05, 3.63) is 58.5 Å². The Morgan fingerprint density at radius 2 is 1.52 bits per heavy atom. The highest BCUT2D eigenvalue weighted by molar-refractivity contribution is 5.43. The van der Waals surface area contributed by atoms with E-state index < -0.39 is 0 Å². The molecule has 2 aromatic rings. The van der Waals surface area contributed by atoms with Crippen LogP contribution in [0.4, 0.5) is 5.69 Å². The van der Waals surface area contributed by atoms with E-state index in [1.807, 2.05) is 24.3 Å². The van der Waals surface area contributed by atoms with Gasteiger partial charge in [-0.15, -0.1) is 0 Å². The molecule has 7 nitrogen and oxygen atoms in total. The number of benzene rings is 2. The van der Waals surface area contributed by atoms with E-state index in [0.29, 0.717) is 37.0 Å². The molecule has 0 amide bonds. The highest BCUT2D eigenvalue weighted by atomic mass is 16.5. The minimum atomic E-state index is -0.0421. The molecule has 0 saturated heterocycles. The second-order valence-corrected chi connectivity index (χ2v) is 6.62. The normalized spacial score (nSPS) is 10.3. The number of aliphatic hydroxyl groups is 1. The number of rotatable bonds is 14. The number of ether oxygens (including phenoxy) is 3. The van der Waals surface area contributed by atoms with Crippen molar-refractivity contribution in [1.29, 1.82) is 0 Å². The molecule has 0 aliphatic carbocycles. The molecule has 0 atom stereocenters. The quantitative estimate of drug-likeness (QED) is 0.184. The SMILES string of the molecule is CCCCOc1cc(CO)cc(OCCCCCOc2cccc(N=[N+]=[N-])c2)c1. The molecular formula is C22H29N3O4. The summed E-state index contributed by atoms with van der Waals surface area (Å²) in [5.74, 6) is 2.15. The van der Waals surface area contributed by atoms with E-state index in [9.17, 15) is 5.11 Å². The zero-order valence-electron chi connectivity index (χ0n) is 16.9. The van der Waals surface area contributed by atoms with Crippen molar-refractivity contribution in [2.24, 2.45) is 5.11 Å². The monoisotopic (exact) mass is 399 g/mol. The fourth-order valence-corrected chi connectivity index (χ4v) is 2.67. The van der Waals surface area contributed by atoms with Gasteiger partial charge >= 0.3 is 0 Å². The molecule has 29 heavy (non-hydrogen) atoms. The highest BCUT2D eigenvalue weighted by Crippen LogP contribution is 2.24. The van der Waals surface area contributed by atoms with Crippen molar-refractivity contribution >= 4 is 5.69 Å². The maximum absolute atomic E-state index is 9.42. The van der Waals surface area contributed by atoms with Crippen LogP contribution in [0.5, 0.6) is 17.2 Å². The van der Waals surface area contributed by atoms with Crippen molar-refractivity contribution in [3.8, 4) is 17.2 Å². The molecule has 7 heteroatoms. The number of azide groups is 1. The molecule has 0 heterocycles. The molecule has 0 aromatic heterocycles. The van der Waals surface area contributed by atoms with E-state index in [1.165, 1.54) is 0 Å². The van der Waals surface area contributed by atoms with Crippen LogP contribution in [0.1, 0.15) is 44.6 Å². The molecule has 156 valence electrons. The van der Waals surface area contributed by atoms with Crippen LogP contribution in [-0.2, 0) is 6.61 Å². The van der Waals surface area contributed by atoms with Crippen LogP contribution in [0.3, 0.4) is 0 Å². The molecule has 0 aliphatic heterocycles. The number of unbranched alkanes of at least 4 members (excludes halogenated alkanes) is 3. The van der Waals surface area contributed by atoms with E-state index in [-0.39, 0.29) is 6.61 Å². The summed E-state index contributed by atoms with van der Waals surface area (Å²) in [4.78, 5) is 2.77. The van der Waals surface area contributed by atoms with Gasteiger partial charge in [-0.2, -0.15) is 0 Å². The van der Waals surface area contributed by atoms with Gasteiger partial charge in [-0.25, -0.2) is 0 Å². The Labute approximate surface area is 171 Å². The number of hydrogen-bond donors (Lipinski definition) is 1. The molecule has 2 rings (SSSR count). The maximum Gasteiger partial charge on any atom is 0.123 e. The molecule has 0 fully saturated rings. The second-order valence-electron chi connectivity index (χ2n) is 6.62. The lowest BCUT2D eigenvalue weighted by atomic mass is 10.2. The van der Waals surface area contributed by atoms with Gasteiger partial charge in [0.15, 0.2) is 0 Å². The zero-order valence-corrected chi connectivity index (χ0v) is 16.9. The molecule has 0 bridgehead atoms. The Kier molecular flexibility index (Phi) is 10.3. The molecule has 0 spiro atoms. The molecular weight excluding hydrogens is 370 g/mol. The first kappa shape index (κ1) is 22.4. The summed E-state index contributed by atoms with van der Waals surface area (Å²) in [6, 6.07) is 12.6. The third kappa shape index (κ3) is 8.77. The second kappa shape index (κ2) is 13.3. The van der Waals surface area contributed by atoms with Crippen LogP contribution in [-0.4, -0.2) is 24.9 Å². The molecule has 0 aliphatic rings. The van der Waals surface area contributed by atoms with Gasteiger partial charge in [0.2, 0.25) is 0 Å². The van der Waals surface area contributed by atoms with Crippen LogP contribution in [0, 0.1) is 0 Å². The van der Waals surface area contributed by atoms with Crippen LogP contribution >= 0.6 is 0 Å². The van der Waals surface area contributed by atoms with E-state index in [4.69, 9.17) is 19.7 Å². The first-order valence-corrected chi connectivity index (χ1v) is 10.0. The van der Waals surface area contributed by atoms with E-state index in [0.717, 1.165) is 43.4 Å². The van der Waals surface area contributed by atoms with E-state index in [1.54, 1.807) is 18.2 Å². The van der Waals surface area contributed by atoms with Crippen LogP contribution in [0.2, 0.25) is 0 Å². The van der Waals surface area contributed by atoms with Gasteiger partial charge < -0.3 is 19.3 Å². The Morgan fingerprint density at radius 3 is 2.14 bits per heavy atom. The highest BCUT2D eigenvalue weighted by Gasteiger charge is 2.03. The molecule has 1 N–H and O–H groups in total. The van der Waals surface area contributed by atoms with Gasteiger partial charge in [0.1, 0.15) is 17.2 Å². The molecule has 2 aromatic carbocycles. The third-order valence-electron chi connectivity index (χ3n) is 4.19. The molecule has 0 unspecified atom stereocenters. The van der Waals surface area contributed by atoms with Crippen LogP contribution < -0.4 is 14.2 Å². The van der Waals surface area contributed by atoms with Gasteiger partial charge in [0, 0.05) is 16.7 Å². The minimum absolute atomic E-state index is 0.0421. The van der Waals surface area contributed by atoms with Crippen molar-refractivity contribution in [3.63, 3.8) is 0 Å². The average Bonchev–Trinajstić information content (AvgIpc) is 2.73. The predicted molar refractivity (Wildman–Crippen MR) is 113 cm³/mol. The number of aliphatic hydroxyl groups excluding tert-OH is 1. The van der Waals surface area contributed by atoms with Gasteiger partial charge in [0.05, 0.1) is 26.4 Å². The van der Waals surface area contributed by atoms with Gasteiger partial charge in [-0.1, -0.05) is 30.6 Å². The van der Waals surface area contributed by atoms with Crippen molar-refractivity contribution in [1.82, 2.24) is 0 Å². The van der Waals surface area contributed by atoms with Crippen LogP contribution in [0.25, 0.3) is 10.4 Å². The maximum atomic E-state index is 9.42. The Morgan fingerprint density at radius 1 is 0.862 bits per heavy atom. The Balaban J connectivity index is 1.67. The predicted octanol–water partition coefficient (Wildman–Crippen LogP) is 5.93. The van der Waals surface area contributed by atoms with E-state index in [2.05, 4.69) is 16.9 Å². The average molecular weight is 399 g/mol. The zero-order chi connectivity index (χ0) is 20.7. The van der Waals surface area contributed by atoms with Gasteiger partial charge in [-0.3, -0.25) is 0 Å². The smallest absolute Gasteiger partial charge is 0.123 e. The fraction of sp³-hybridized carbons (Fsp3) is 0.455. The minimum Gasteiger partial charge on any atom is -0.494 e. The fourth-order valence-electron chi connectivity index (χ4n) is 2.67. The van der Waals surface area contributed by atoms with Crippen molar-refractivity contribution in [2.45, 2.75) is 45.6 Å². The summed E-state index contributed by atoms with van der Waals surface area (Å²) in [6.45, 7) is 3.93. The number of hydrogen-bond acceptors (Lipinski definition) is 5. The van der Waals surface area contributed by atoms with Gasteiger partial charge in [-0.05, 0) is 61.0 Å². The summed E-state index contributed by atoms with van der Waals surface area (Å²) < 4.78 is 17.2. The van der Waals surface area contributed by atoms with E-state index >= 15 is 0 Å². The third-order valence-corrected chi connectivity index (χ3v) is 4.19. The lowest BCUT2D eigenvalue weighted by molar-refractivity contribution is 0.268. The molecule has 0 saturated carbocycles. The first-order valence-electron chi connectivity index (χ1n) is 10.0. The van der Waals surface area contributed by atoms with Crippen molar-refractivity contribution in [2.75, 3.05) is 19.8 Å². The summed E-state index contributed by atoms with van der Waals surface area (Å²) >= 11 is 0. The lowest BCUT2D eigenvalue weighted by Gasteiger charge is -2.12. The van der Waals surface area contributed by atoms with Crippen molar-refractivity contribution < 1.29 is 19.3 Å². The lowest BCUT2D eigenvalue weighted by Crippen LogP contribution is -2.02. The summed E-state index contributed by atoms with van der Waals surface area (Å²) in [5.41, 5.74) is 9.79. The van der Waals surface area contributed by atoms with Crippen LogP contribution in [0.15, 0.2) is 47.6 Å². The summed E-state index contributed by atoms with van der Waals surface area (Å²) in [7, 11) is 0. The summed E-state index contributed by atoms with van der Waals surface area (Å²) in [5, 5.41) is 13.0. The standard InChI is InChI=1S/C22H29N3O4/c1-2-3-10-28-21-13-18(17-26)14-22(16-21)29-12-6-4-5-11-27-20-9-7-8-19(15-20)24-25-23/h7-9,13-16,26H,2-6,10-12,17H2,1H3. The topological polar surface area (TPSA) is 96.7 Å². The Bertz CT molecular complexity index is 791. The summed E-state index contributed by atoms with van der Waals surface area (Å²) in [6.07, 6.45) is 4.84. The largest absolute Gasteiger partial charge is 0.494 e. The van der Waals surface area contributed by atoms with Gasteiger partial charge in [0.25, 0.3) is 0 Å². The number of nitrogens with zero attached hydrogens (tertiary/aromatic N) is 3. The molecule has 0 radical (unpaired) electrons. The first-order chi connectivity index (χ1) is 14.2. The Hall–Kier alpha value is -2.89.